The molecule has 0 unspecified atom stereocenters. The van der Waals surface area contributed by atoms with Gasteiger partial charge in [0.25, 0.3) is 11.6 Å². The van der Waals surface area contributed by atoms with Gasteiger partial charge >= 0.3 is 0 Å². The Morgan fingerprint density at radius 2 is 1.89 bits per heavy atom. The molecule has 4 rings (SSSR count). The molecule has 28 heavy (non-hydrogen) atoms. The van der Waals surface area contributed by atoms with Crippen LogP contribution in [-0.2, 0) is 0 Å². The van der Waals surface area contributed by atoms with Crippen LogP contribution in [0.3, 0.4) is 0 Å². The van der Waals surface area contributed by atoms with Gasteiger partial charge in [0.1, 0.15) is 0 Å². The van der Waals surface area contributed by atoms with Crippen LogP contribution in [0.25, 0.3) is 0 Å². The summed E-state index contributed by atoms with van der Waals surface area (Å²) < 4.78 is 11.5. The number of rotatable bonds is 3. The van der Waals surface area contributed by atoms with E-state index >= 15 is 0 Å². The minimum Gasteiger partial charge on any atom is -0.490 e. The van der Waals surface area contributed by atoms with Gasteiger partial charge in [-0.1, -0.05) is 6.07 Å². The van der Waals surface area contributed by atoms with Gasteiger partial charge in [-0.05, 0) is 49.6 Å². The van der Waals surface area contributed by atoms with Crippen molar-refractivity contribution < 1.29 is 19.2 Å². The molecule has 0 radical (unpaired) electrons. The molecule has 0 spiro atoms. The third kappa shape index (κ3) is 3.40. The number of amides is 1. The molecular formula is C21H22N2O5. The second-order valence-corrected chi connectivity index (χ2v) is 7.17. The maximum atomic E-state index is 13.1. The fraction of sp³-hybridized carbons (Fsp3) is 0.381. The number of carbonyl (C=O) groups is 1. The number of carbonyl (C=O) groups excluding carboxylic acids is 1. The third-order valence-electron chi connectivity index (χ3n) is 5.31. The van der Waals surface area contributed by atoms with E-state index in [1.807, 2.05) is 23.1 Å². The van der Waals surface area contributed by atoms with Crippen LogP contribution in [0.2, 0.25) is 0 Å². The summed E-state index contributed by atoms with van der Waals surface area (Å²) in [6, 6.07) is 10.4. The maximum absolute atomic E-state index is 13.1. The van der Waals surface area contributed by atoms with Crippen LogP contribution in [0.5, 0.6) is 11.5 Å². The fourth-order valence-electron chi connectivity index (χ4n) is 3.90. The normalized spacial score (nSPS) is 18.6. The molecule has 1 saturated heterocycles. The average Bonchev–Trinajstić information content (AvgIpc) is 3.05. The molecular weight excluding hydrogens is 360 g/mol. The SMILES string of the molecule is Cc1cc(C(=O)N2CCC[C@H]2c2ccc3c(c2)OCCCO3)ccc1[N+](=O)[O-]. The summed E-state index contributed by atoms with van der Waals surface area (Å²) in [6.45, 7) is 3.57. The average molecular weight is 382 g/mol. The Morgan fingerprint density at radius 3 is 2.64 bits per heavy atom. The zero-order chi connectivity index (χ0) is 19.7. The molecule has 1 atom stereocenters. The van der Waals surface area contributed by atoms with E-state index in [-0.39, 0.29) is 17.6 Å². The van der Waals surface area contributed by atoms with Crippen molar-refractivity contribution in [1.29, 1.82) is 0 Å². The van der Waals surface area contributed by atoms with Crippen molar-refractivity contribution in [1.82, 2.24) is 4.90 Å². The number of hydrogen-bond donors (Lipinski definition) is 0. The summed E-state index contributed by atoms with van der Waals surface area (Å²) >= 11 is 0. The van der Waals surface area contributed by atoms with Crippen molar-refractivity contribution in [2.24, 2.45) is 0 Å². The Hall–Kier alpha value is -3.09. The molecule has 2 heterocycles. The van der Waals surface area contributed by atoms with Crippen LogP contribution in [0, 0.1) is 17.0 Å². The molecule has 2 aliphatic heterocycles. The number of fused-ring (bicyclic) bond motifs is 1. The number of aryl methyl sites for hydroxylation is 1. The molecule has 146 valence electrons. The molecule has 2 aromatic rings. The largest absolute Gasteiger partial charge is 0.490 e. The molecule has 0 aliphatic carbocycles. The second kappa shape index (κ2) is 7.50. The Labute approximate surface area is 163 Å². The highest BCUT2D eigenvalue weighted by molar-refractivity contribution is 5.95. The molecule has 1 fully saturated rings. The molecule has 0 bridgehead atoms. The number of benzene rings is 2. The first-order valence-corrected chi connectivity index (χ1v) is 9.50. The van der Waals surface area contributed by atoms with Gasteiger partial charge < -0.3 is 14.4 Å². The van der Waals surface area contributed by atoms with Crippen LogP contribution in [0.15, 0.2) is 36.4 Å². The van der Waals surface area contributed by atoms with Gasteiger partial charge in [-0.15, -0.1) is 0 Å². The highest BCUT2D eigenvalue weighted by Gasteiger charge is 2.32. The van der Waals surface area contributed by atoms with Crippen LogP contribution in [0.1, 0.15) is 46.8 Å². The van der Waals surface area contributed by atoms with Crippen molar-refractivity contribution in [3.63, 3.8) is 0 Å². The Morgan fingerprint density at radius 1 is 1.11 bits per heavy atom. The number of hydrogen-bond acceptors (Lipinski definition) is 5. The summed E-state index contributed by atoms with van der Waals surface area (Å²) in [6.07, 6.45) is 2.63. The second-order valence-electron chi connectivity index (χ2n) is 7.17. The standard InChI is InChI=1S/C21H22N2O5/c1-14-12-16(5-7-17(14)23(25)26)21(24)22-9-2-4-18(22)15-6-8-19-20(13-15)28-11-3-10-27-19/h5-8,12-13,18H,2-4,9-11H2,1H3/t18-/m0/s1. The Balaban J connectivity index is 1.60. The van der Waals surface area contributed by atoms with E-state index in [1.165, 1.54) is 12.1 Å². The van der Waals surface area contributed by atoms with Crippen LogP contribution in [-0.4, -0.2) is 35.5 Å². The summed E-state index contributed by atoms with van der Waals surface area (Å²) in [5.74, 6) is 1.36. The lowest BCUT2D eigenvalue weighted by molar-refractivity contribution is -0.385. The number of nitro benzene ring substituents is 1. The van der Waals surface area contributed by atoms with Gasteiger partial charge in [-0.25, -0.2) is 0 Å². The minimum atomic E-state index is -0.431. The molecule has 0 aromatic heterocycles. The first kappa shape index (κ1) is 18.3. The lowest BCUT2D eigenvalue weighted by Gasteiger charge is -2.26. The molecule has 7 nitrogen and oxygen atoms in total. The first-order chi connectivity index (χ1) is 13.5. The quantitative estimate of drug-likeness (QED) is 0.591. The zero-order valence-corrected chi connectivity index (χ0v) is 15.7. The predicted molar refractivity (Wildman–Crippen MR) is 103 cm³/mol. The number of ether oxygens (including phenoxy) is 2. The minimum absolute atomic E-state index is 0.0254. The van der Waals surface area contributed by atoms with Crippen LogP contribution in [0.4, 0.5) is 5.69 Å². The summed E-state index contributed by atoms with van der Waals surface area (Å²) in [7, 11) is 0. The van der Waals surface area contributed by atoms with Gasteiger partial charge in [-0.3, -0.25) is 14.9 Å². The topological polar surface area (TPSA) is 81.9 Å². The summed E-state index contributed by atoms with van der Waals surface area (Å²) in [4.78, 5) is 25.6. The van der Waals surface area contributed by atoms with Gasteiger partial charge in [-0.2, -0.15) is 0 Å². The molecule has 0 saturated carbocycles. The van der Waals surface area contributed by atoms with Crippen molar-refractivity contribution in [3.8, 4) is 11.5 Å². The third-order valence-corrected chi connectivity index (χ3v) is 5.31. The van der Waals surface area contributed by atoms with Crippen LogP contribution < -0.4 is 9.47 Å². The number of nitrogens with zero attached hydrogens (tertiary/aromatic N) is 2. The zero-order valence-electron chi connectivity index (χ0n) is 15.7. The monoisotopic (exact) mass is 382 g/mol. The van der Waals surface area contributed by atoms with Gasteiger partial charge in [0.15, 0.2) is 11.5 Å². The van der Waals surface area contributed by atoms with Gasteiger partial charge in [0.05, 0.1) is 24.2 Å². The molecule has 7 heteroatoms. The van der Waals surface area contributed by atoms with E-state index in [9.17, 15) is 14.9 Å². The molecule has 1 amide bonds. The van der Waals surface area contributed by atoms with Crippen LogP contribution >= 0.6 is 0 Å². The van der Waals surface area contributed by atoms with E-state index < -0.39 is 4.92 Å². The first-order valence-electron chi connectivity index (χ1n) is 9.50. The highest BCUT2D eigenvalue weighted by atomic mass is 16.6. The van der Waals surface area contributed by atoms with E-state index in [2.05, 4.69) is 0 Å². The Kier molecular flexibility index (Phi) is 4.90. The van der Waals surface area contributed by atoms with E-state index in [4.69, 9.17) is 9.47 Å². The van der Waals surface area contributed by atoms with Crippen molar-refractivity contribution in [2.45, 2.75) is 32.2 Å². The van der Waals surface area contributed by atoms with Crippen molar-refractivity contribution >= 4 is 11.6 Å². The van der Waals surface area contributed by atoms with Crippen molar-refractivity contribution in [2.75, 3.05) is 19.8 Å². The van der Waals surface area contributed by atoms with E-state index in [0.717, 1.165) is 36.3 Å². The Bertz CT molecular complexity index is 927. The lowest BCUT2D eigenvalue weighted by Crippen LogP contribution is -2.30. The van der Waals surface area contributed by atoms with Gasteiger partial charge in [0.2, 0.25) is 0 Å². The lowest BCUT2D eigenvalue weighted by atomic mass is 10.0. The smallest absolute Gasteiger partial charge is 0.272 e. The maximum Gasteiger partial charge on any atom is 0.272 e. The predicted octanol–water partition coefficient (Wildman–Crippen LogP) is 4.04. The van der Waals surface area contributed by atoms with E-state index in [0.29, 0.717) is 30.9 Å². The molecule has 2 aliphatic rings. The summed E-state index contributed by atoms with van der Waals surface area (Å²) in [5, 5.41) is 11.0. The van der Waals surface area contributed by atoms with Gasteiger partial charge in [0, 0.05) is 30.2 Å². The highest BCUT2D eigenvalue weighted by Crippen LogP contribution is 2.38. The van der Waals surface area contributed by atoms with Crippen molar-refractivity contribution in [3.05, 3.63) is 63.2 Å². The fourth-order valence-corrected chi connectivity index (χ4v) is 3.90. The number of likely N-dealkylation sites (tertiary alicyclic amines) is 1. The summed E-state index contributed by atoms with van der Waals surface area (Å²) in [5.41, 5.74) is 2.01. The number of nitro groups is 1. The molecule has 0 N–H and O–H groups in total. The molecule has 2 aromatic carbocycles. The van der Waals surface area contributed by atoms with E-state index in [1.54, 1.807) is 13.0 Å².